The van der Waals surface area contributed by atoms with Gasteiger partial charge in [-0.1, -0.05) is 32.9 Å². The van der Waals surface area contributed by atoms with Gasteiger partial charge in [-0.25, -0.2) is 0 Å². The lowest BCUT2D eigenvalue weighted by Gasteiger charge is -2.43. The van der Waals surface area contributed by atoms with Crippen molar-refractivity contribution in [3.8, 4) is 6.07 Å². The molecule has 1 atom stereocenters. The van der Waals surface area contributed by atoms with Crippen molar-refractivity contribution in [2.75, 3.05) is 4.90 Å². The maximum absolute atomic E-state index is 14.6. The van der Waals surface area contributed by atoms with Gasteiger partial charge in [0.1, 0.15) is 22.8 Å². The van der Waals surface area contributed by atoms with Crippen molar-refractivity contribution in [3.63, 3.8) is 0 Å². The summed E-state index contributed by atoms with van der Waals surface area (Å²) in [5.41, 5.74) is 8.59. The number of rotatable bonds is 1. The molecule has 0 saturated heterocycles. The zero-order chi connectivity index (χ0) is 24.1. The van der Waals surface area contributed by atoms with Crippen LogP contribution >= 0.6 is 0 Å². The molecule has 2 N–H and O–H groups in total. The molecule has 0 radical (unpaired) electrons. The van der Waals surface area contributed by atoms with Crippen molar-refractivity contribution in [2.24, 2.45) is 11.1 Å². The fourth-order valence-electron chi connectivity index (χ4n) is 6.22. The Balaban J connectivity index is 1.96. The van der Waals surface area contributed by atoms with Crippen LogP contribution in [0.4, 0.5) is 5.69 Å². The fraction of sp³-hybridized carbons (Fsp3) is 0.444. The van der Waals surface area contributed by atoms with Crippen LogP contribution in [0, 0.1) is 16.7 Å². The van der Waals surface area contributed by atoms with Gasteiger partial charge >= 0.3 is 0 Å². The number of Topliss-reactive ketones (excluding diaryl/α,β-unsaturated/α-hetero) is 1. The number of carbonyl (C=O) groups is 2. The average molecular weight is 444 g/mol. The van der Waals surface area contributed by atoms with Crippen LogP contribution in [0.2, 0.25) is 0 Å². The number of anilines is 1. The number of amides is 1. The number of benzene rings is 1. The molecule has 33 heavy (non-hydrogen) atoms. The van der Waals surface area contributed by atoms with E-state index in [0.717, 1.165) is 28.8 Å². The first-order valence-electron chi connectivity index (χ1n) is 11.5. The molecule has 4 aliphatic rings. The highest BCUT2D eigenvalue weighted by molar-refractivity contribution is 6.22. The first-order chi connectivity index (χ1) is 15.4. The van der Waals surface area contributed by atoms with Gasteiger partial charge in [0.2, 0.25) is 11.8 Å². The van der Waals surface area contributed by atoms with Crippen molar-refractivity contribution in [1.82, 2.24) is 0 Å². The van der Waals surface area contributed by atoms with Crippen molar-refractivity contribution in [1.29, 1.82) is 5.26 Å². The Kier molecular flexibility index (Phi) is 4.16. The Morgan fingerprint density at radius 2 is 1.88 bits per heavy atom. The van der Waals surface area contributed by atoms with Crippen LogP contribution in [-0.2, 0) is 26.2 Å². The molecule has 0 aromatic heterocycles. The number of nitrogens with zero attached hydrogens (tertiary/aromatic N) is 2. The van der Waals surface area contributed by atoms with Crippen LogP contribution in [-0.4, -0.2) is 17.2 Å². The minimum absolute atomic E-state index is 0.0117. The molecule has 170 valence electrons. The molecule has 1 aromatic rings. The standard InChI is InChI=1S/C27H29N3O3/c1-7-15-8-16-14(2)10-26(5,6)30-22(16)17(9-15)27(24(30)32)18(13-28)23(29)33-20-12-25(3,4)11-19(31)21(20)27/h8-10H,7,11-12,29H2,1-6H3/t27-/m0/s1. The number of hydrogen-bond acceptors (Lipinski definition) is 5. The lowest BCUT2D eigenvalue weighted by molar-refractivity contribution is -0.126. The summed E-state index contributed by atoms with van der Waals surface area (Å²) in [7, 11) is 0. The minimum atomic E-state index is -1.58. The van der Waals surface area contributed by atoms with Crippen LogP contribution in [0.5, 0.6) is 0 Å². The molecule has 3 aliphatic heterocycles. The average Bonchev–Trinajstić information content (AvgIpc) is 2.94. The normalized spacial score (nSPS) is 26.7. The van der Waals surface area contributed by atoms with E-state index in [1.54, 1.807) is 4.90 Å². The van der Waals surface area contributed by atoms with Crippen LogP contribution in [0.3, 0.4) is 0 Å². The molecule has 0 saturated carbocycles. The second kappa shape index (κ2) is 6.38. The molecular formula is C27H29N3O3. The summed E-state index contributed by atoms with van der Waals surface area (Å²) in [6.07, 6.45) is 3.58. The maximum atomic E-state index is 14.6. The summed E-state index contributed by atoms with van der Waals surface area (Å²) in [6.45, 7) is 12.1. The predicted octanol–water partition coefficient (Wildman–Crippen LogP) is 4.40. The fourth-order valence-corrected chi connectivity index (χ4v) is 6.22. The quantitative estimate of drug-likeness (QED) is 0.694. The number of nitrogens with two attached hydrogens (primary N) is 1. The molecule has 0 unspecified atom stereocenters. The van der Waals surface area contributed by atoms with Gasteiger partial charge in [0.25, 0.3) is 0 Å². The summed E-state index contributed by atoms with van der Waals surface area (Å²) >= 11 is 0. The zero-order valence-corrected chi connectivity index (χ0v) is 20.0. The number of ether oxygens (including phenoxy) is 1. The highest BCUT2D eigenvalue weighted by atomic mass is 16.5. The summed E-state index contributed by atoms with van der Waals surface area (Å²) in [6, 6.07) is 6.27. The number of fused-ring (bicyclic) bond motifs is 2. The number of hydrogen-bond donors (Lipinski definition) is 1. The Bertz CT molecular complexity index is 1300. The molecule has 1 spiro atoms. The highest BCUT2D eigenvalue weighted by Gasteiger charge is 2.65. The summed E-state index contributed by atoms with van der Waals surface area (Å²) in [4.78, 5) is 30.0. The van der Waals surface area contributed by atoms with E-state index in [2.05, 4.69) is 25.1 Å². The Morgan fingerprint density at radius 1 is 1.18 bits per heavy atom. The van der Waals surface area contributed by atoms with Gasteiger partial charge in [0, 0.05) is 24.0 Å². The van der Waals surface area contributed by atoms with Gasteiger partial charge in [-0.2, -0.15) is 5.26 Å². The highest BCUT2D eigenvalue weighted by Crippen LogP contribution is 2.61. The van der Waals surface area contributed by atoms with E-state index in [4.69, 9.17) is 10.5 Å². The van der Waals surface area contributed by atoms with E-state index in [-0.39, 0.29) is 40.6 Å². The summed E-state index contributed by atoms with van der Waals surface area (Å²) < 4.78 is 5.90. The third-order valence-corrected chi connectivity index (χ3v) is 7.48. The van der Waals surface area contributed by atoms with E-state index >= 15 is 0 Å². The summed E-state index contributed by atoms with van der Waals surface area (Å²) in [5.74, 6) is -0.135. The first-order valence-corrected chi connectivity index (χ1v) is 11.5. The van der Waals surface area contributed by atoms with Gasteiger partial charge in [0.15, 0.2) is 5.78 Å². The minimum Gasteiger partial charge on any atom is -0.444 e. The van der Waals surface area contributed by atoms with Crippen LogP contribution in [0.1, 0.15) is 71.1 Å². The number of aryl methyl sites for hydroxylation is 1. The van der Waals surface area contributed by atoms with Gasteiger partial charge in [-0.15, -0.1) is 0 Å². The smallest absolute Gasteiger partial charge is 0.248 e. The molecule has 1 aliphatic carbocycles. The number of ketones is 1. The number of allylic oxidation sites excluding steroid dienone is 2. The maximum Gasteiger partial charge on any atom is 0.248 e. The molecule has 0 bridgehead atoms. The molecule has 3 heterocycles. The second-order valence-corrected chi connectivity index (χ2v) is 11.0. The van der Waals surface area contributed by atoms with Crippen LogP contribution in [0.25, 0.3) is 5.57 Å². The lowest BCUT2D eigenvalue weighted by atomic mass is 9.62. The van der Waals surface area contributed by atoms with E-state index < -0.39 is 11.0 Å². The van der Waals surface area contributed by atoms with Crippen molar-refractivity contribution < 1.29 is 14.3 Å². The van der Waals surface area contributed by atoms with Crippen LogP contribution in [0.15, 0.2) is 41.0 Å². The topological polar surface area (TPSA) is 96.4 Å². The first kappa shape index (κ1) is 21.5. The third kappa shape index (κ3) is 2.54. The Labute approximate surface area is 194 Å². The van der Waals surface area contributed by atoms with Gasteiger partial charge in [-0.3, -0.25) is 9.59 Å². The Morgan fingerprint density at radius 3 is 2.52 bits per heavy atom. The number of nitriles is 1. The van der Waals surface area contributed by atoms with E-state index in [1.807, 2.05) is 40.7 Å². The molecule has 1 amide bonds. The molecule has 6 heteroatoms. The van der Waals surface area contributed by atoms with Crippen molar-refractivity contribution in [2.45, 2.75) is 71.8 Å². The molecule has 0 fully saturated rings. The monoisotopic (exact) mass is 443 g/mol. The molecule has 1 aromatic carbocycles. The van der Waals surface area contributed by atoms with E-state index in [0.29, 0.717) is 17.7 Å². The third-order valence-electron chi connectivity index (χ3n) is 7.48. The SMILES string of the molecule is CCc1cc2c3c(c1)[C@]1(C(=O)N3C(C)(C)C=C2C)C(C#N)=C(N)OC2=C1C(=O)CC(C)(C)C2. The number of carbonyl (C=O) groups excluding carboxylic acids is 2. The lowest BCUT2D eigenvalue weighted by Crippen LogP contribution is -2.55. The Hall–Kier alpha value is -3.33. The van der Waals surface area contributed by atoms with Gasteiger partial charge in [-0.05, 0) is 49.8 Å². The van der Waals surface area contributed by atoms with Crippen molar-refractivity contribution in [3.05, 3.63) is 57.7 Å². The van der Waals surface area contributed by atoms with Gasteiger partial charge in [0.05, 0.1) is 16.8 Å². The molecule has 6 nitrogen and oxygen atoms in total. The molecule has 5 rings (SSSR count). The van der Waals surface area contributed by atoms with E-state index in [1.165, 1.54) is 0 Å². The summed E-state index contributed by atoms with van der Waals surface area (Å²) in [5, 5.41) is 10.3. The van der Waals surface area contributed by atoms with Gasteiger partial charge < -0.3 is 15.4 Å². The van der Waals surface area contributed by atoms with Crippen LogP contribution < -0.4 is 10.6 Å². The molecular weight excluding hydrogens is 414 g/mol. The zero-order valence-electron chi connectivity index (χ0n) is 20.0. The second-order valence-electron chi connectivity index (χ2n) is 11.0. The van der Waals surface area contributed by atoms with Crippen molar-refractivity contribution >= 4 is 23.0 Å². The van der Waals surface area contributed by atoms with E-state index in [9.17, 15) is 14.9 Å². The predicted molar refractivity (Wildman–Crippen MR) is 126 cm³/mol. The largest absolute Gasteiger partial charge is 0.444 e.